The van der Waals surface area contributed by atoms with Crippen LogP contribution in [-0.4, -0.2) is 40.0 Å². The zero-order chi connectivity index (χ0) is 15.2. The molecule has 0 spiro atoms. The predicted molar refractivity (Wildman–Crippen MR) is 77.2 cm³/mol. The molecule has 0 aliphatic rings. The second-order valence-electron chi connectivity index (χ2n) is 4.93. The molecule has 7 nitrogen and oxygen atoms in total. The van der Waals surface area contributed by atoms with Gasteiger partial charge >= 0.3 is 6.09 Å². The normalized spacial score (nSPS) is 11.1. The van der Waals surface area contributed by atoms with E-state index in [9.17, 15) is 4.79 Å². The van der Waals surface area contributed by atoms with Crippen molar-refractivity contribution >= 4 is 35.1 Å². The zero-order valence-electron chi connectivity index (χ0n) is 11.5. The number of halogens is 2. The predicted octanol–water partition coefficient (Wildman–Crippen LogP) is 2.51. The molecular weight excluding hydrogens is 305 g/mol. The van der Waals surface area contributed by atoms with Gasteiger partial charge in [0.2, 0.25) is 5.28 Å². The minimum absolute atomic E-state index is 0.0174. The van der Waals surface area contributed by atoms with Gasteiger partial charge in [-0.25, -0.2) is 4.79 Å². The summed E-state index contributed by atoms with van der Waals surface area (Å²) in [6.07, 6.45) is 0.222. The third-order valence-corrected chi connectivity index (χ3v) is 2.35. The Bertz CT molecular complexity index is 465. The molecule has 2 N–H and O–H groups in total. The van der Waals surface area contributed by atoms with Crippen molar-refractivity contribution in [3.05, 3.63) is 10.4 Å². The number of hydrogen-bond acceptors (Lipinski definition) is 6. The lowest BCUT2D eigenvalue weighted by molar-refractivity contribution is 0.0528. The van der Waals surface area contributed by atoms with E-state index in [4.69, 9.17) is 27.9 Å². The Morgan fingerprint density at radius 2 is 1.95 bits per heavy atom. The number of nitrogens with one attached hydrogen (secondary N) is 2. The summed E-state index contributed by atoms with van der Waals surface area (Å²) in [6, 6.07) is 0. The van der Waals surface area contributed by atoms with Crippen molar-refractivity contribution < 1.29 is 9.53 Å². The van der Waals surface area contributed by atoms with Gasteiger partial charge in [-0.05, 0) is 38.8 Å². The van der Waals surface area contributed by atoms with Gasteiger partial charge in [0, 0.05) is 13.1 Å². The lowest BCUT2D eigenvalue weighted by Gasteiger charge is -2.19. The SMILES string of the molecule is CC(C)(C)OC(=O)NCCCNc1nc(Cl)nnc1Cl. The van der Waals surface area contributed by atoms with Crippen molar-refractivity contribution in [3.63, 3.8) is 0 Å². The highest BCUT2D eigenvalue weighted by molar-refractivity contribution is 6.32. The van der Waals surface area contributed by atoms with E-state index in [0.29, 0.717) is 25.3 Å². The third kappa shape index (κ3) is 6.72. The fourth-order valence-electron chi connectivity index (χ4n) is 1.21. The summed E-state index contributed by atoms with van der Waals surface area (Å²) in [5, 5.41) is 12.9. The molecule has 0 saturated heterocycles. The smallest absolute Gasteiger partial charge is 0.407 e. The van der Waals surface area contributed by atoms with Gasteiger partial charge in [0.15, 0.2) is 11.0 Å². The lowest BCUT2D eigenvalue weighted by atomic mass is 10.2. The molecule has 0 aromatic carbocycles. The highest BCUT2D eigenvalue weighted by atomic mass is 35.5. The molecule has 0 aliphatic heterocycles. The van der Waals surface area contributed by atoms with E-state index in [1.54, 1.807) is 0 Å². The average molecular weight is 322 g/mol. The molecule has 1 aromatic heterocycles. The Kier molecular flexibility index (Phi) is 6.22. The van der Waals surface area contributed by atoms with Crippen LogP contribution in [0.3, 0.4) is 0 Å². The molecule has 0 aliphatic carbocycles. The molecule has 0 radical (unpaired) electrons. The number of ether oxygens (including phenoxy) is 1. The summed E-state index contributed by atoms with van der Waals surface area (Å²) < 4.78 is 5.10. The zero-order valence-corrected chi connectivity index (χ0v) is 13.0. The Balaban J connectivity index is 2.22. The largest absolute Gasteiger partial charge is 0.444 e. The number of aromatic nitrogens is 3. The number of amides is 1. The second-order valence-corrected chi connectivity index (χ2v) is 5.63. The first-order chi connectivity index (χ1) is 9.28. The maximum absolute atomic E-state index is 11.4. The van der Waals surface area contributed by atoms with Crippen molar-refractivity contribution in [1.29, 1.82) is 0 Å². The summed E-state index contributed by atoms with van der Waals surface area (Å²) in [5.41, 5.74) is -0.501. The van der Waals surface area contributed by atoms with E-state index < -0.39 is 11.7 Å². The fourth-order valence-corrected chi connectivity index (χ4v) is 1.47. The lowest BCUT2D eigenvalue weighted by Crippen LogP contribution is -2.33. The molecule has 112 valence electrons. The third-order valence-electron chi connectivity index (χ3n) is 1.93. The Hall–Kier alpha value is -1.34. The molecule has 20 heavy (non-hydrogen) atoms. The van der Waals surface area contributed by atoms with E-state index in [1.165, 1.54) is 0 Å². The van der Waals surface area contributed by atoms with Gasteiger partial charge in [0.25, 0.3) is 0 Å². The number of rotatable bonds is 5. The maximum atomic E-state index is 11.4. The number of carbonyl (C=O) groups is 1. The summed E-state index contributed by atoms with van der Waals surface area (Å²) in [5.74, 6) is 0.365. The number of anilines is 1. The van der Waals surface area contributed by atoms with Gasteiger partial charge in [-0.2, -0.15) is 4.98 Å². The van der Waals surface area contributed by atoms with Crippen molar-refractivity contribution in [3.8, 4) is 0 Å². The quantitative estimate of drug-likeness (QED) is 0.810. The van der Waals surface area contributed by atoms with Crippen molar-refractivity contribution in [1.82, 2.24) is 20.5 Å². The van der Waals surface area contributed by atoms with E-state index in [0.717, 1.165) is 0 Å². The molecule has 1 amide bonds. The minimum atomic E-state index is -0.501. The van der Waals surface area contributed by atoms with Gasteiger partial charge in [0.05, 0.1) is 0 Å². The Morgan fingerprint density at radius 3 is 2.60 bits per heavy atom. The topological polar surface area (TPSA) is 89.0 Å². The highest BCUT2D eigenvalue weighted by Crippen LogP contribution is 2.16. The van der Waals surface area contributed by atoms with E-state index >= 15 is 0 Å². The van der Waals surface area contributed by atoms with E-state index in [2.05, 4.69) is 25.8 Å². The first-order valence-electron chi connectivity index (χ1n) is 6.04. The Morgan fingerprint density at radius 1 is 1.25 bits per heavy atom. The van der Waals surface area contributed by atoms with Crippen LogP contribution < -0.4 is 10.6 Å². The second kappa shape index (κ2) is 7.44. The molecule has 9 heteroatoms. The molecule has 0 bridgehead atoms. The van der Waals surface area contributed by atoms with Gasteiger partial charge in [-0.15, -0.1) is 10.2 Å². The van der Waals surface area contributed by atoms with Crippen LogP contribution in [0, 0.1) is 0 Å². The van der Waals surface area contributed by atoms with Crippen LogP contribution in [0.25, 0.3) is 0 Å². The molecule has 0 atom stereocenters. The summed E-state index contributed by atoms with van der Waals surface area (Å²) in [7, 11) is 0. The standard InChI is InChI=1S/C11H17Cl2N5O2/c1-11(2,3)20-10(19)15-6-4-5-14-8-7(12)17-18-9(13)16-8/h4-6H2,1-3H3,(H,15,19)(H,14,16,18). The van der Waals surface area contributed by atoms with Gasteiger partial charge < -0.3 is 15.4 Å². The van der Waals surface area contributed by atoms with Gasteiger partial charge in [-0.3, -0.25) is 0 Å². The number of carbonyl (C=O) groups excluding carboxylic acids is 1. The highest BCUT2D eigenvalue weighted by Gasteiger charge is 2.15. The van der Waals surface area contributed by atoms with Gasteiger partial charge in [0.1, 0.15) is 5.60 Å². The van der Waals surface area contributed by atoms with Crippen LogP contribution in [0.5, 0.6) is 0 Å². The molecule has 0 fully saturated rings. The number of hydrogen-bond donors (Lipinski definition) is 2. The van der Waals surface area contributed by atoms with Crippen LogP contribution in [0.15, 0.2) is 0 Å². The summed E-state index contributed by atoms with van der Waals surface area (Å²) in [4.78, 5) is 15.3. The van der Waals surface area contributed by atoms with Crippen molar-refractivity contribution in [2.75, 3.05) is 18.4 Å². The molecule has 1 aromatic rings. The molecule has 1 rings (SSSR count). The molecule has 1 heterocycles. The van der Waals surface area contributed by atoms with E-state index in [-0.39, 0.29) is 10.4 Å². The van der Waals surface area contributed by atoms with Crippen molar-refractivity contribution in [2.24, 2.45) is 0 Å². The molecular formula is C11H17Cl2N5O2. The van der Waals surface area contributed by atoms with E-state index in [1.807, 2.05) is 20.8 Å². The average Bonchev–Trinajstić information content (AvgIpc) is 2.30. The molecule has 0 saturated carbocycles. The van der Waals surface area contributed by atoms with Crippen LogP contribution in [0.4, 0.5) is 10.6 Å². The summed E-state index contributed by atoms with van der Waals surface area (Å²) in [6.45, 7) is 6.43. The monoisotopic (exact) mass is 321 g/mol. The van der Waals surface area contributed by atoms with Crippen LogP contribution in [-0.2, 0) is 4.74 Å². The first-order valence-corrected chi connectivity index (χ1v) is 6.80. The minimum Gasteiger partial charge on any atom is -0.444 e. The first kappa shape index (κ1) is 16.7. The fraction of sp³-hybridized carbons (Fsp3) is 0.636. The van der Waals surface area contributed by atoms with Gasteiger partial charge in [-0.1, -0.05) is 11.6 Å². The summed E-state index contributed by atoms with van der Waals surface area (Å²) >= 11 is 11.4. The van der Waals surface area contributed by atoms with Crippen LogP contribution >= 0.6 is 23.2 Å². The molecule has 0 unspecified atom stereocenters. The number of alkyl carbamates (subject to hydrolysis) is 1. The maximum Gasteiger partial charge on any atom is 0.407 e. The van der Waals surface area contributed by atoms with Crippen LogP contribution in [0.1, 0.15) is 27.2 Å². The van der Waals surface area contributed by atoms with Crippen LogP contribution in [0.2, 0.25) is 10.4 Å². The van der Waals surface area contributed by atoms with Crippen molar-refractivity contribution in [2.45, 2.75) is 32.8 Å². The Labute approximate surface area is 127 Å². The number of nitrogens with zero attached hydrogens (tertiary/aromatic N) is 3.